The van der Waals surface area contributed by atoms with Gasteiger partial charge < -0.3 is 25.6 Å². The van der Waals surface area contributed by atoms with E-state index in [4.69, 9.17) is 15.2 Å². The number of benzene rings is 3. The Hall–Kier alpha value is -3.07. The van der Waals surface area contributed by atoms with Crippen LogP contribution < -0.4 is 11.1 Å². The summed E-state index contributed by atoms with van der Waals surface area (Å²) in [4.78, 5) is 16.2. The Labute approximate surface area is 274 Å². The topological polar surface area (TPSA) is 97.1 Å². The zero-order valence-electron chi connectivity index (χ0n) is 27.7. The first-order valence-electron chi connectivity index (χ1n) is 17.2. The Morgan fingerprint density at radius 1 is 0.891 bits per heavy atom. The lowest BCUT2D eigenvalue weighted by atomic mass is 9.75. The zero-order valence-corrected chi connectivity index (χ0v) is 27.7. The van der Waals surface area contributed by atoms with Gasteiger partial charge in [0.1, 0.15) is 0 Å². The lowest BCUT2D eigenvalue weighted by Gasteiger charge is -2.50. The van der Waals surface area contributed by atoms with E-state index in [0.717, 1.165) is 52.6 Å². The molecular formula is C39H51N3O4. The fraction of sp³-hybridized carbons (Fsp3) is 0.513. The fourth-order valence-corrected chi connectivity index (χ4v) is 7.74. The van der Waals surface area contributed by atoms with Crippen LogP contribution in [0, 0.1) is 5.92 Å². The molecule has 1 saturated carbocycles. The van der Waals surface area contributed by atoms with Gasteiger partial charge in [0.05, 0.1) is 24.9 Å². The largest absolute Gasteiger partial charge is 0.392 e. The van der Waals surface area contributed by atoms with E-state index in [1.54, 1.807) is 0 Å². The first-order valence-corrected chi connectivity index (χ1v) is 17.2. The maximum absolute atomic E-state index is 13.7. The number of piperidine rings is 1. The summed E-state index contributed by atoms with van der Waals surface area (Å²) in [7, 11) is 0. The maximum atomic E-state index is 13.7. The van der Waals surface area contributed by atoms with Crippen molar-refractivity contribution in [2.45, 2.75) is 115 Å². The van der Waals surface area contributed by atoms with Crippen molar-refractivity contribution in [2.24, 2.45) is 11.7 Å². The summed E-state index contributed by atoms with van der Waals surface area (Å²) in [6, 6.07) is 25.0. The number of nitrogens with one attached hydrogen (secondary N) is 1. The smallest absolute Gasteiger partial charge is 0.237 e. The summed E-state index contributed by atoms with van der Waals surface area (Å²) in [5, 5.41) is 12.9. The van der Waals surface area contributed by atoms with Crippen LogP contribution in [0.1, 0.15) is 100 Å². The van der Waals surface area contributed by atoms with Crippen LogP contribution in [0.25, 0.3) is 11.1 Å². The Bertz CT molecular complexity index is 1470. The SMILES string of the molecule is CC(C)(C)NC(=O)C1CCC2CCCCC2N1CC1CC(c2ccc(CO)cc2)OC(c2cccc(-c3cccc(CN)c3)c2)O1. The third-order valence-corrected chi connectivity index (χ3v) is 9.99. The number of fused-ring (bicyclic) bond motifs is 1. The van der Waals surface area contributed by atoms with Gasteiger partial charge in [-0.3, -0.25) is 9.69 Å². The third-order valence-electron chi connectivity index (χ3n) is 9.99. The van der Waals surface area contributed by atoms with E-state index < -0.39 is 6.29 Å². The van der Waals surface area contributed by atoms with E-state index in [-0.39, 0.29) is 36.3 Å². The van der Waals surface area contributed by atoms with E-state index in [1.165, 1.54) is 19.3 Å². The van der Waals surface area contributed by atoms with Crippen LogP contribution in [0.5, 0.6) is 0 Å². The molecule has 0 spiro atoms. The van der Waals surface area contributed by atoms with Crippen molar-refractivity contribution in [3.8, 4) is 11.1 Å². The van der Waals surface area contributed by atoms with Crippen LogP contribution in [-0.2, 0) is 27.4 Å². The molecule has 3 aliphatic rings. The molecule has 0 bridgehead atoms. The number of aliphatic hydroxyl groups is 1. The summed E-state index contributed by atoms with van der Waals surface area (Å²) in [6.07, 6.45) is 6.66. The number of nitrogens with zero attached hydrogens (tertiary/aromatic N) is 1. The molecule has 7 nitrogen and oxygen atoms in total. The summed E-state index contributed by atoms with van der Waals surface area (Å²) in [6.45, 7) is 7.36. The standard InChI is InChI=1S/C39H51N3O4/c1-39(2,3)41-37(44)35-19-18-28-9-4-5-13-34(28)42(35)24-33-22-36(29-16-14-26(25-43)15-17-29)46-38(45-33)32-12-7-11-31(21-32)30-10-6-8-27(20-30)23-40/h6-8,10-12,14-17,20-21,28,33-36,38,43H,4-5,9,13,18-19,22-25,40H2,1-3H3,(H,41,44). The average molecular weight is 626 g/mol. The van der Waals surface area contributed by atoms with Crippen molar-refractivity contribution < 1.29 is 19.4 Å². The van der Waals surface area contributed by atoms with E-state index in [0.29, 0.717) is 31.5 Å². The molecule has 3 aromatic carbocycles. The second kappa shape index (κ2) is 14.4. The second-order valence-electron chi connectivity index (χ2n) is 14.5. The molecule has 1 aliphatic carbocycles. The quantitative estimate of drug-likeness (QED) is 0.255. The number of carbonyl (C=O) groups excluding carboxylic acids is 1. The number of amides is 1. The van der Waals surface area contributed by atoms with Gasteiger partial charge in [-0.05, 0) is 92.3 Å². The van der Waals surface area contributed by atoms with Crippen LogP contribution >= 0.6 is 0 Å². The molecule has 2 aliphatic heterocycles. The predicted molar refractivity (Wildman–Crippen MR) is 182 cm³/mol. The number of hydrogen-bond acceptors (Lipinski definition) is 6. The molecule has 0 radical (unpaired) electrons. The Morgan fingerprint density at radius 2 is 1.63 bits per heavy atom. The highest BCUT2D eigenvalue weighted by molar-refractivity contribution is 5.82. The third kappa shape index (κ3) is 7.72. The van der Waals surface area contributed by atoms with Crippen molar-refractivity contribution in [3.63, 3.8) is 0 Å². The Morgan fingerprint density at radius 3 is 2.37 bits per heavy atom. The number of aliphatic hydroxyl groups excluding tert-OH is 1. The van der Waals surface area contributed by atoms with Crippen molar-refractivity contribution >= 4 is 5.91 Å². The molecule has 7 heteroatoms. The minimum atomic E-state index is -0.562. The minimum Gasteiger partial charge on any atom is -0.392 e. The van der Waals surface area contributed by atoms with Gasteiger partial charge in [0.15, 0.2) is 6.29 Å². The van der Waals surface area contributed by atoms with Crippen LogP contribution in [0.4, 0.5) is 0 Å². The van der Waals surface area contributed by atoms with Crippen molar-refractivity contribution in [1.29, 1.82) is 0 Å². The summed E-state index contributed by atoms with van der Waals surface area (Å²) >= 11 is 0. The van der Waals surface area contributed by atoms with Crippen LogP contribution in [-0.4, -0.2) is 46.2 Å². The predicted octanol–water partition coefficient (Wildman–Crippen LogP) is 6.79. The molecule has 3 fully saturated rings. The summed E-state index contributed by atoms with van der Waals surface area (Å²) < 4.78 is 13.6. The molecular weight excluding hydrogens is 574 g/mol. The summed E-state index contributed by atoms with van der Waals surface area (Å²) in [5.74, 6) is 0.759. The van der Waals surface area contributed by atoms with E-state index in [9.17, 15) is 9.90 Å². The lowest BCUT2D eigenvalue weighted by molar-refractivity contribution is -0.255. The molecule has 46 heavy (non-hydrogen) atoms. The van der Waals surface area contributed by atoms with E-state index in [2.05, 4.69) is 79.5 Å². The Kier molecular flexibility index (Phi) is 10.3. The van der Waals surface area contributed by atoms with Crippen molar-refractivity contribution in [1.82, 2.24) is 10.2 Å². The maximum Gasteiger partial charge on any atom is 0.237 e. The first kappa shape index (κ1) is 32.9. The normalized spacial score (nSPS) is 27.2. The van der Waals surface area contributed by atoms with Crippen LogP contribution in [0.2, 0.25) is 0 Å². The molecule has 6 atom stereocenters. The van der Waals surface area contributed by atoms with Gasteiger partial charge in [-0.15, -0.1) is 0 Å². The molecule has 6 unspecified atom stereocenters. The van der Waals surface area contributed by atoms with Crippen LogP contribution in [0.15, 0.2) is 72.8 Å². The van der Waals surface area contributed by atoms with Gasteiger partial charge >= 0.3 is 0 Å². The molecule has 1 amide bonds. The van der Waals surface area contributed by atoms with Gasteiger partial charge in [0, 0.05) is 36.7 Å². The monoisotopic (exact) mass is 625 g/mol. The molecule has 2 heterocycles. The fourth-order valence-electron chi connectivity index (χ4n) is 7.74. The van der Waals surface area contributed by atoms with Gasteiger partial charge in [-0.1, -0.05) is 73.5 Å². The van der Waals surface area contributed by atoms with Gasteiger partial charge in [0.2, 0.25) is 5.91 Å². The van der Waals surface area contributed by atoms with Crippen molar-refractivity contribution in [2.75, 3.05) is 6.54 Å². The van der Waals surface area contributed by atoms with E-state index >= 15 is 0 Å². The first-order chi connectivity index (χ1) is 22.2. The molecule has 246 valence electrons. The minimum absolute atomic E-state index is 0.00778. The van der Waals surface area contributed by atoms with Crippen LogP contribution in [0.3, 0.4) is 0 Å². The highest BCUT2D eigenvalue weighted by Crippen LogP contribution is 2.42. The molecule has 6 rings (SSSR count). The number of carbonyl (C=O) groups is 1. The van der Waals surface area contributed by atoms with Crippen molar-refractivity contribution in [3.05, 3.63) is 95.1 Å². The number of nitrogens with two attached hydrogens (primary N) is 1. The number of likely N-dealkylation sites (tertiary alicyclic amines) is 1. The highest BCUT2D eigenvalue weighted by Gasteiger charge is 2.44. The highest BCUT2D eigenvalue weighted by atomic mass is 16.7. The second-order valence-corrected chi connectivity index (χ2v) is 14.5. The molecule has 2 saturated heterocycles. The van der Waals surface area contributed by atoms with E-state index in [1.807, 2.05) is 24.3 Å². The molecule has 4 N–H and O–H groups in total. The molecule has 0 aromatic heterocycles. The van der Waals surface area contributed by atoms with Gasteiger partial charge in [0.25, 0.3) is 0 Å². The molecule has 3 aromatic rings. The lowest BCUT2D eigenvalue weighted by Crippen LogP contribution is -2.61. The zero-order chi connectivity index (χ0) is 32.3. The number of rotatable bonds is 8. The summed E-state index contributed by atoms with van der Waals surface area (Å²) in [5.41, 5.74) is 11.9. The number of hydrogen-bond donors (Lipinski definition) is 3. The van der Waals surface area contributed by atoms with Gasteiger partial charge in [-0.2, -0.15) is 0 Å². The Balaban J connectivity index is 1.31. The number of ether oxygens (including phenoxy) is 2. The average Bonchev–Trinajstić information content (AvgIpc) is 3.07. The van der Waals surface area contributed by atoms with Gasteiger partial charge in [-0.25, -0.2) is 0 Å².